The van der Waals surface area contributed by atoms with Gasteiger partial charge in [0.15, 0.2) is 0 Å². The van der Waals surface area contributed by atoms with Crippen LogP contribution in [-0.4, -0.2) is 8.42 Å². The van der Waals surface area contributed by atoms with Crippen LogP contribution in [0.5, 0.6) is 0 Å². The van der Waals surface area contributed by atoms with E-state index in [1.54, 1.807) is 18.2 Å². The third-order valence-corrected chi connectivity index (χ3v) is 2.39. The summed E-state index contributed by atoms with van der Waals surface area (Å²) in [5.41, 5.74) is 0. The van der Waals surface area contributed by atoms with Crippen molar-refractivity contribution in [2.24, 2.45) is 0 Å². The molecule has 1 aromatic rings. The van der Waals surface area contributed by atoms with E-state index in [2.05, 4.69) is 0 Å². The van der Waals surface area contributed by atoms with Crippen LogP contribution >= 0.6 is 10.7 Å². The lowest BCUT2D eigenvalue weighted by Crippen LogP contribution is -1.87. The Kier molecular flexibility index (Phi) is 1.97. The van der Waals surface area contributed by atoms with Crippen molar-refractivity contribution in [3.8, 4) is 0 Å². The number of rotatable bonds is 1. The fraction of sp³-hybridized carbons (Fsp3) is 0. The first-order valence-corrected chi connectivity index (χ1v) is 4.91. The number of hydrogen-bond donors (Lipinski definition) is 0. The first-order chi connectivity index (χ1) is 4.61. The van der Waals surface area contributed by atoms with Crippen LogP contribution in [0, 0.1) is 0 Å². The average molecular weight is 180 g/mol. The molecular formula is C6H5ClO2S. The summed E-state index contributed by atoms with van der Waals surface area (Å²) in [5.74, 6) is 0. The minimum absolute atomic E-state index is 0.136. The molecule has 0 bridgehead atoms. The van der Waals surface area contributed by atoms with Crippen molar-refractivity contribution in [1.82, 2.24) is 0 Å². The summed E-state index contributed by atoms with van der Waals surface area (Å²) in [7, 11) is 1.50. The molecule has 0 amide bonds. The molecule has 0 atom stereocenters. The van der Waals surface area contributed by atoms with Crippen molar-refractivity contribution in [2.45, 2.75) is 4.90 Å². The molecule has 0 saturated heterocycles. The molecule has 1 aromatic carbocycles. The Labute approximate surface area is 63.9 Å². The fourth-order valence-corrected chi connectivity index (χ4v) is 1.37. The van der Waals surface area contributed by atoms with Gasteiger partial charge < -0.3 is 0 Å². The number of hydrogen-bond acceptors (Lipinski definition) is 2. The van der Waals surface area contributed by atoms with E-state index in [9.17, 15) is 8.42 Å². The molecule has 54 valence electrons. The van der Waals surface area contributed by atoms with Crippen LogP contribution in [0.15, 0.2) is 35.2 Å². The molecule has 10 heavy (non-hydrogen) atoms. The van der Waals surface area contributed by atoms with Crippen LogP contribution in [0.1, 0.15) is 0 Å². The molecule has 4 heteroatoms. The average Bonchev–Trinajstić information content (AvgIpc) is 1.88. The van der Waals surface area contributed by atoms with Crippen molar-refractivity contribution in [3.63, 3.8) is 0 Å². The highest BCUT2D eigenvalue weighted by molar-refractivity contribution is 8.13. The van der Waals surface area contributed by atoms with Crippen molar-refractivity contribution >= 4 is 19.7 Å². The van der Waals surface area contributed by atoms with Gasteiger partial charge in [-0.15, -0.1) is 0 Å². The molecular weight excluding hydrogens is 174 g/mol. The molecule has 2 nitrogen and oxygen atoms in total. The Morgan fingerprint density at radius 1 is 1.10 bits per heavy atom. The van der Waals surface area contributed by atoms with Crippen molar-refractivity contribution in [3.05, 3.63) is 30.3 Å². The molecule has 0 aliphatic heterocycles. The van der Waals surface area contributed by atoms with Gasteiger partial charge in [0, 0.05) is 10.7 Å². The normalized spacial score (nSPS) is 11.3. The van der Waals surface area contributed by atoms with Gasteiger partial charge in [-0.05, 0) is 12.1 Å². The van der Waals surface area contributed by atoms with E-state index < -0.39 is 9.05 Å². The van der Waals surface area contributed by atoms with Crippen LogP contribution in [-0.2, 0) is 9.05 Å². The summed E-state index contributed by atoms with van der Waals surface area (Å²) >= 11 is 0. The molecule has 1 rings (SSSR count). The maximum absolute atomic E-state index is 10.6. The third kappa shape index (κ3) is 1.72. The standard InChI is InChI=1S/C6H5ClO2S/c7-10(8,9)6-4-2-1-3-5-6/h1-5H/i10+3. The monoisotopic (exact) mass is 179 g/mol. The Balaban J connectivity index is 3.22. The van der Waals surface area contributed by atoms with Crippen LogP contribution in [0.3, 0.4) is 0 Å². The van der Waals surface area contributed by atoms with E-state index in [1.165, 1.54) is 12.1 Å². The van der Waals surface area contributed by atoms with Crippen molar-refractivity contribution < 1.29 is 8.42 Å². The minimum Gasteiger partial charge on any atom is -0.207 e. The lowest BCUT2D eigenvalue weighted by Gasteiger charge is -1.91. The molecule has 0 aliphatic carbocycles. The fourth-order valence-electron chi connectivity index (χ4n) is 0.583. The smallest absolute Gasteiger partial charge is 0.207 e. The van der Waals surface area contributed by atoms with Gasteiger partial charge in [0.2, 0.25) is 0 Å². The summed E-state index contributed by atoms with van der Waals surface area (Å²) < 4.78 is 21.2. The Morgan fingerprint density at radius 2 is 1.60 bits per heavy atom. The van der Waals surface area contributed by atoms with Gasteiger partial charge in [0.05, 0.1) is 4.90 Å². The van der Waals surface area contributed by atoms with E-state index in [1.807, 2.05) is 0 Å². The van der Waals surface area contributed by atoms with Gasteiger partial charge in [-0.2, -0.15) is 0 Å². The summed E-state index contributed by atoms with van der Waals surface area (Å²) in [6.07, 6.45) is 0. The third-order valence-electron chi connectivity index (χ3n) is 1.02. The zero-order valence-electron chi connectivity index (χ0n) is 4.99. The maximum atomic E-state index is 10.6. The Hall–Kier alpha value is -0.540. The molecule has 0 fully saturated rings. The van der Waals surface area contributed by atoms with Crippen molar-refractivity contribution in [1.29, 1.82) is 0 Å². The molecule has 0 unspecified atom stereocenters. The first kappa shape index (κ1) is 7.57. The van der Waals surface area contributed by atoms with Crippen LogP contribution in [0.25, 0.3) is 0 Å². The predicted octanol–water partition coefficient (Wildman–Crippen LogP) is 1.61. The summed E-state index contributed by atoms with van der Waals surface area (Å²) in [4.78, 5) is 0.136. The number of halogens is 1. The van der Waals surface area contributed by atoms with Gasteiger partial charge in [-0.3, -0.25) is 0 Å². The van der Waals surface area contributed by atoms with E-state index in [0.717, 1.165) is 0 Å². The van der Waals surface area contributed by atoms with Crippen LogP contribution in [0.4, 0.5) is 0 Å². The second kappa shape index (κ2) is 2.60. The van der Waals surface area contributed by atoms with E-state index in [4.69, 9.17) is 10.7 Å². The molecule has 0 saturated carbocycles. The van der Waals surface area contributed by atoms with E-state index in [-0.39, 0.29) is 4.90 Å². The quantitative estimate of drug-likeness (QED) is 0.614. The van der Waals surface area contributed by atoms with Crippen LogP contribution < -0.4 is 0 Å². The first-order valence-electron chi connectivity index (χ1n) is 2.60. The van der Waals surface area contributed by atoms with E-state index in [0.29, 0.717) is 0 Å². The molecule has 0 aliphatic rings. The second-order valence-electron chi connectivity index (χ2n) is 1.75. The SMILES string of the molecule is O=[35S](=O)(Cl)c1ccccc1. The zero-order chi connectivity index (χ0) is 7.61. The second-order valence-corrected chi connectivity index (χ2v) is 4.32. The van der Waals surface area contributed by atoms with Gasteiger partial charge in [0.1, 0.15) is 0 Å². The largest absolute Gasteiger partial charge is 0.261 e. The summed E-state index contributed by atoms with van der Waals surface area (Å²) in [6.45, 7) is 0. The Bertz CT molecular complexity index is 304. The lowest BCUT2D eigenvalue weighted by molar-refractivity contribution is 0.609. The lowest BCUT2D eigenvalue weighted by atomic mass is 10.4. The molecule has 0 aromatic heterocycles. The van der Waals surface area contributed by atoms with E-state index >= 15 is 0 Å². The maximum Gasteiger partial charge on any atom is 0.261 e. The molecule has 0 radical (unpaired) electrons. The minimum atomic E-state index is -3.53. The topological polar surface area (TPSA) is 34.1 Å². The van der Waals surface area contributed by atoms with Crippen molar-refractivity contribution in [2.75, 3.05) is 0 Å². The van der Waals surface area contributed by atoms with Gasteiger partial charge in [-0.25, -0.2) is 8.42 Å². The van der Waals surface area contributed by atoms with Crippen LogP contribution in [0.2, 0.25) is 0 Å². The highest BCUT2D eigenvalue weighted by atomic mass is 36.3. The highest BCUT2D eigenvalue weighted by Crippen LogP contribution is 2.12. The molecule has 0 N–H and O–H groups in total. The van der Waals surface area contributed by atoms with Gasteiger partial charge in [0.25, 0.3) is 9.05 Å². The number of benzene rings is 1. The highest BCUT2D eigenvalue weighted by Gasteiger charge is 2.06. The van der Waals surface area contributed by atoms with Gasteiger partial charge >= 0.3 is 0 Å². The summed E-state index contributed by atoms with van der Waals surface area (Å²) in [6, 6.07) is 7.86. The van der Waals surface area contributed by atoms with Gasteiger partial charge in [-0.1, -0.05) is 18.2 Å². The Morgan fingerprint density at radius 3 is 1.90 bits per heavy atom. The summed E-state index contributed by atoms with van der Waals surface area (Å²) in [5, 5.41) is 0. The predicted molar refractivity (Wildman–Crippen MR) is 39.5 cm³/mol. The molecule has 0 heterocycles. The zero-order valence-corrected chi connectivity index (χ0v) is 6.56. The molecule has 0 spiro atoms.